The maximum atomic E-state index is 11.6. The third-order valence-electron chi connectivity index (χ3n) is 2.55. The molecule has 0 amide bonds. The van der Waals surface area contributed by atoms with E-state index in [0.29, 0.717) is 12.0 Å². The third-order valence-corrected chi connectivity index (χ3v) is 2.55. The van der Waals surface area contributed by atoms with Crippen molar-refractivity contribution in [2.75, 3.05) is 6.61 Å². The number of nitrogens with zero attached hydrogens (tertiary/aromatic N) is 1. The molecule has 0 spiro atoms. The van der Waals surface area contributed by atoms with Gasteiger partial charge in [0.1, 0.15) is 6.61 Å². The van der Waals surface area contributed by atoms with Crippen LogP contribution in [0.25, 0.3) is 0 Å². The molecule has 20 heavy (non-hydrogen) atoms. The van der Waals surface area contributed by atoms with Crippen LogP contribution in [0.4, 0.5) is 5.69 Å². The monoisotopic (exact) mass is 275 g/mol. The molecule has 0 radical (unpaired) electrons. The number of unbranched alkanes of at least 4 members (excludes halogenated alkanes) is 2. The Kier molecular flexibility index (Phi) is 6.83. The average molecular weight is 275 g/mol. The molecule has 0 aliphatic carbocycles. The second kappa shape index (κ2) is 8.70. The van der Waals surface area contributed by atoms with E-state index in [4.69, 9.17) is 4.74 Å². The first-order valence-corrected chi connectivity index (χ1v) is 6.52. The van der Waals surface area contributed by atoms with Crippen LogP contribution in [0.2, 0.25) is 0 Å². The van der Waals surface area contributed by atoms with E-state index in [1.54, 1.807) is 0 Å². The fourth-order valence-electron chi connectivity index (χ4n) is 1.44. The molecule has 0 aromatic heterocycles. The molecule has 0 unspecified atom stereocenters. The number of ether oxygens (including phenoxy) is 1. The molecule has 0 fully saturated rings. The molecule has 1 aromatic rings. The zero-order valence-corrected chi connectivity index (χ0v) is 11.4. The van der Waals surface area contributed by atoms with Gasteiger partial charge in [-0.1, -0.05) is 19.3 Å². The standard InChI is InChI=1S/C15H17NO4/c1-2-3-4-5-6-7-12-20-15(17)13-8-10-14(11-9-13)16(18)19/h8-11H,2-4,7,12H2,1H3. The lowest BCUT2D eigenvalue weighted by Gasteiger charge is -2.02. The van der Waals surface area contributed by atoms with Crippen LogP contribution in [0.15, 0.2) is 24.3 Å². The van der Waals surface area contributed by atoms with Gasteiger partial charge in [0, 0.05) is 25.0 Å². The Morgan fingerprint density at radius 2 is 1.90 bits per heavy atom. The first kappa shape index (κ1) is 15.7. The van der Waals surface area contributed by atoms with Crippen LogP contribution in [0.1, 0.15) is 43.0 Å². The summed E-state index contributed by atoms with van der Waals surface area (Å²) in [5.41, 5.74) is 0.248. The van der Waals surface area contributed by atoms with E-state index in [0.717, 1.165) is 19.3 Å². The van der Waals surface area contributed by atoms with Crippen LogP contribution in [-0.2, 0) is 4.74 Å². The van der Waals surface area contributed by atoms with Gasteiger partial charge in [-0.15, -0.1) is 5.92 Å². The van der Waals surface area contributed by atoms with Gasteiger partial charge in [-0.3, -0.25) is 10.1 Å². The minimum atomic E-state index is -0.513. The van der Waals surface area contributed by atoms with Crippen molar-refractivity contribution in [2.24, 2.45) is 0 Å². The van der Waals surface area contributed by atoms with Crippen LogP contribution in [0.5, 0.6) is 0 Å². The van der Waals surface area contributed by atoms with Gasteiger partial charge in [-0.05, 0) is 18.6 Å². The Hall–Kier alpha value is -2.35. The van der Waals surface area contributed by atoms with Crippen molar-refractivity contribution < 1.29 is 14.5 Å². The summed E-state index contributed by atoms with van der Waals surface area (Å²) < 4.78 is 5.02. The zero-order chi connectivity index (χ0) is 14.8. The van der Waals surface area contributed by atoms with Crippen molar-refractivity contribution in [1.29, 1.82) is 0 Å². The summed E-state index contributed by atoms with van der Waals surface area (Å²) in [5, 5.41) is 10.5. The molecule has 0 aliphatic rings. The Morgan fingerprint density at radius 3 is 2.50 bits per heavy atom. The Balaban J connectivity index is 2.35. The van der Waals surface area contributed by atoms with E-state index in [1.165, 1.54) is 24.3 Å². The van der Waals surface area contributed by atoms with Crippen LogP contribution < -0.4 is 0 Å². The first-order chi connectivity index (χ1) is 9.65. The summed E-state index contributed by atoms with van der Waals surface area (Å²) in [4.78, 5) is 21.6. The van der Waals surface area contributed by atoms with Gasteiger partial charge >= 0.3 is 5.97 Å². The number of hydrogen-bond donors (Lipinski definition) is 0. The minimum Gasteiger partial charge on any atom is -0.461 e. The summed E-state index contributed by atoms with van der Waals surface area (Å²) in [6.07, 6.45) is 3.56. The number of carbonyl (C=O) groups is 1. The van der Waals surface area contributed by atoms with Crippen LogP contribution in [0.3, 0.4) is 0 Å². The number of nitro groups is 1. The largest absolute Gasteiger partial charge is 0.461 e. The predicted octanol–water partition coefficient (Wildman–Crippen LogP) is 3.34. The van der Waals surface area contributed by atoms with Gasteiger partial charge in [0.05, 0.1) is 10.5 Å². The third kappa shape index (κ3) is 5.53. The van der Waals surface area contributed by atoms with Crippen molar-refractivity contribution >= 4 is 11.7 Å². The fraction of sp³-hybridized carbons (Fsp3) is 0.400. The first-order valence-electron chi connectivity index (χ1n) is 6.52. The lowest BCUT2D eigenvalue weighted by molar-refractivity contribution is -0.384. The Labute approximate surface area is 118 Å². The predicted molar refractivity (Wildman–Crippen MR) is 75.3 cm³/mol. The molecule has 1 aromatic carbocycles. The molecule has 0 N–H and O–H groups in total. The van der Waals surface area contributed by atoms with Gasteiger partial charge < -0.3 is 4.74 Å². The molecule has 0 heterocycles. The number of esters is 1. The molecule has 0 aliphatic heterocycles. The van der Waals surface area contributed by atoms with Crippen molar-refractivity contribution in [3.63, 3.8) is 0 Å². The molecule has 0 saturated heterocycles. The normalized spacial score (nSPS) is 9.45. The highest BCUT2D eigenvalue weighted by atomic mass is 16.6. The lowest BCUT2D eigenvalue weighted by Crippen LogP contribution is -2.06. The molecule has 106 valence electrons. The van der Waals surface area contributed by atoms with Crippen LogP contribution in [-0.4, -0.2) is 17.5 Å². The molecule has 1 rings (SSSR count). The van der Waals surface area contributed by atoms with E-state index in [9.17, 15) is 14.9 Å². The number of rotatable bonds is 6. The maximum absolute atomic E-state index is 11.6. The highest BCUT2D eigenvalue weighted by Crippen LogP contribution is 2.12. The highest BCUT2D eigenvalue weighted by Gasteiger charge is 2.09. The summed E-state index contributed by atoms with van der Waals surface area (Å²) in [6.45, 7) is 2.34. The molecule has 0 bridgehead atoms. The van der Waals surface area contributed by atoms with E-state index in [1.807, 2.05) is 0 Å². The van der Waals surface area contributed by atoms with Gasteiger partial charge in [0.2, 0.25) is 0 Å². The van der Waals surface area contributed by atoms with Gasteiger partial charge in [-0.25, -0.2) is 4.79 Å². The van der Waals surface area contributed by atoms with Crippen molar-refractivity contribution in [3.05, 3.63) is 39.9 Å². The van der Waals surface area contributed by atoms with Crippen molar-refractivity contribution in [1.82, 2.24) is 0 Å². The summed E-state index contributed by atoms with van der Waals surface area (Å²) in [5.74, 6) is 5.45. The van der Waals surface area contributed by atoms with E-state index >= 15 is 0 Å². The topological polar surface area (TPSA) is 69.4 Å². The Morgan fingerprint density at radius 1 is 1.25 bits per heavy atom. The summed E-state index contributed by atoms with van der Waals surface area (Å²) in [6, 6.07) is 5.32. The number of benzene rings is 1. The van der Waals surface area contributed by atoms with E-state index in [2.05, 4.69) is 18.8 Å². The second-order valence-electron chi connectivity index (χ2n) is 4.15. The number of non-ortho nitro benzene ring substituents is 1. The van der Waals surface area contributed by atoms with E-state index in [-0.39, 0.29) is 12.3 Å². The number of nitro benzene ring substituents is 1. The lowest BCUT2D eigenvalue weighted by atomic mass is 10.2. The minimum absolute atomic E-state index is 0.0525. The Bertz CT molecular complexity index is 511. The fourth-order valence-corrected chi connectivity index (χ4v) is 1.44. The quantitative estimate of drug-likeness (QED) is 0.262. The average Bonchev–Trinajstić information content (AvgIpc) is 2.46. The molecule has 0 atom stereocenters. The molecule has 5 heteroatoms. The van der Waals surface area contributed by atoms with Crippen LogP contribution in [0, 0.1) is 22.0 Å². The second-order valence-corrected chi connectivity index (χ2v) is 4.15. The van der Waals surface area contributed by atoms with Crippen molar-refractivity contribution in [2.45, 2.75) is 32.6 Å². The van der Waals surface area contributed by atoms with E-state index < -0.39 is 10.9 Å². The summed E-state index contributed by atoms with van der Waals surface area (Å²) in [7, 11) is 0. The molecule has 0 saturated carbocycles. The van der Waals surface area contributed by atoms with Crippen molar-refractivity contribution in [3.8, 4) is 11.8 Å². The SMILES string of the molecule is CCCCC#CCCOC(=O)c1ccc([N+](=O)[O-])cc1. The highest BCUT2D eigenvalue weighted by molar-refractivity contribution is 5.89. The number of carbonyl (C=O) groups excluding carboxylic acids is 1. The smallest absolute Gasteiger partial charge is 0.338 e. The molecular weight excluding hydrogens is 258 g/mol. The molecule has 5 nitrogen and oxygen atoms in total. The molecular formula is C15H17NO4. The maximum Gasteiger partial charge on any atom is 0.338 e. The van der Waals surface area contributed by atoms with Gasteiger partial charge in [0.25, 0.3) is 5.69 Å². The van der Waals surface area contributed by atoms with Crippen LogP contribution >= 0.6 is 0 Å². The number of hydrogen-bond acceptors (Lipinski definition) is 4. The summed E-state index contributed by atoms with van der Waals surface area (Å²) >= 11 is 0. The van der Waals surface area contributed by atoms with Gasteiger partial charge in [0.15, 0.2) is 0 Å². The van der Waals surface area contributed by atoms with Gasteiger partial charge in [-0.2, -0.15) is 0 Å². The zero-order valence-electron chi connectivity index (χ0n) is 11.4.